The minimum absolute atomic E-state index is 0.148. The lowest BCUT2D eigenvalue weighted by Crippen LogP contribution is -2.15. The van der Waals surface area contributed by atoms with Gasteiger partial charge < -0.3 is 15.8 Å². The Bertz CT molecular complexity index is 654. The smallest absolute Gasteiger partial charge is 0.248 e. The lowest BCUT2D eigenvalue weighted by Gasteiger charge is -2.07. The zero-order valence-electron chi connectivity index (χ0n) is 11.7. The van der Waals surface area contributed by atoms with E-state index in [1.807, 2.05) is 0 Å². The second-order valence-electron chi connectivity index (χ2n) is 4.54. The summed E-state index contributed by atoms with van der Waals surface area (Å²) in [6, 6.07) is 11.8. The molecule has 0 unspecified atom stereocenters. The monoisotopic (exact) mass is 302 g/mol. The highest BCUT2D eigenvalue weighted by Gasteiger charge is 2.05. The first kappa shape index (κ1) is 15.5. The maximum absolute atomic E-state index is 12.7. The van der Waals surface area contributed by atoms with Crippen LogP contribution in [0.15, 0.2) is 48.5 Å². The van der Waals surface area contributed by atoms with Crippen LogP contribution in [0.3, 0.4) is 0 Å². The Hall–Kier alpha value is -2.89. The largest absolute Gasteiger partial charge is 0.493 e. The van der Waals surface area contributed by atoms with E-state index in [2.05, 4.69) is 5.32 Å². The molecule has 0 aliphatic heterocycles. The molecule has 22 heavy (non-hydrogen) atoms. The number of nitrogens with one attached hydrogen (secondary N) is 1. The quantitative estimate of drug-likeness (QED) is 0.859. The van der Waals surface area contributed by atoms with Crippen LogP contribution in [0.2, 0.25) is 0 Å². The Balaban J connectivity index is 1.77. The normalized spacial score (nSPS) is 10.0. The SMILES string of the molecule is NC(=O)c1ccc(NC(=O)CCOc2ccc(F)cc2)cc1. The number of anilines is 1. The van der Waals surface area contributed by atoms with Gasteiger partial charge in [0.15, 0.2) is 0 Å². The third-order valence-corrected chi connectivity index (χ3v) is 2.86. The van der Waals surface area contributed by atoms with Crippen LogP contribution in [0.25, 0.3) is 0 Å². The number of halogens is 1. The van der Waals surface area contributed by atoms with Gasteiger partial charge in [0.1, 0.15) is 11.6 Å². The van der Waals surface area contributed by atoms with Crippen LogP contribution in [-0.4, -0.2) is 18.4 Å². The number of hydrogen-bond donors (Lipinski definition) is 2. The molecule has 0 saturated heterocycles. The highest BCUT2D eigenvalue weighted by atomic mass is 19.1. The number of nitrogens with two attached hydrogens (primary N) is 1. The van der Waals surface area contributed by atoms with Gasteiger partial charge in [0.25, 0.3) is 0 Å². The molecule has 0 heterocycles. The number of amides is 2. The third-order valence-electron chi connectivity index (χ3n) is 2.86. The lowest BCUT2D eigenvalue weighted by atomic mass is 10.2. The van der Waals surface area contributed by atoms with Crippen molar-refractivity contribution in [1.82, 2.24) is 0 Å². The molecule has 0 aromatic heterocycles. The molecule has 0 radical (unpaired) electrons. The molecule has 0 saturated carbocycles. The molecule has 0 atom stereocenters. The van der Waals surface area contributed by atoms with Crippen LogP contribution in [0, 0.1) is 5.82 Å². The van der Waals surface area contributed by atoms with E-state index >= 15 is 0 Å². The second kappa shape index (κ2) is 7.21. The van der Waals surface area contributed by atoms with E-state index in [-0.39, 0.29) is 24.8 Å². The first-order valence-electron chi connectivity index (χ1n) is 6.62. The lowest BCUT2D eigenvalue weighted by molar-refractivity contribution is -0.116. The van der Waals surface area contributed by atoms with Gasteiger partial charge in [-0.1, -0.05) is 0 Å². The van der Waals surface area contributed by atoms with Crippen molar-refractivity contribution >= 4 is 17.5 Å². The van der Waals surface area contributed by atoms with Crippen molar-refractivity contribution in [3.8, 4) is 5.75 Å². The summed E-state index contributed by atoms with van der Waals surface area (Å²) >= 11 is 0. The third kappa shape index (κ3) is 4.59. The van der Waals surface area contributed by atoms with E-state index in [1.165, 1.54) is 36.4 Å². The van der Waals surface area contributed by atoms with Gasteiger partial charge in [-0.2, -0.15) is 0 Å². The molecule has 6 heteroatoms. The predicted octanol–water partition coefficient (Wildman–Crippen LogP) is 2.33. The van der Waals surface area contributed by atoms with Crippen LogP contribution in [0.5, 0.6) is 5.75 Å². The van der Waals surface area contributed by atoms with Crippen molar-refractivity contribution in [3.05, 3.63) is 59.9 Å². The molecule has 0 aliphatic rings. The molecule has 3 N–H and O–H groups in total. The molecule has 2 aromatic rings. The molecule has 2 aromatic carbocycles. The predicted molar refractivity (Wildman–Crippen MR) is 80.1 cm³/mol. The molecule has 0 fully saturated rings. The second-order valence-corrected chi connectivity index (χ2v) is 4.54. The van der Waals surface area contributed by atoms with E-state index in [0.717, 1.165) is 0 Å². The Kier molecular flexibility index (Phi) is 5.08. The summed E-state index contributed by atoms with van der Waals surface area (Å²) in [5, 5.41) is 2.67. The average molecular weight is 302 g/mol. The molecule has 5 nitrogen and oxygen atoms in total. The summed E-state index contributed by atoms with van der Waals surface area (Å²) in [7, 11) is 0. The number of ether oxygens (including phenoxy) is 1. The number of rotatable bonds is 6. The van der Waals surface area contributed by atoms with Crippen molar-refractivity contribution < 1.29 is 18.7 Å². The van der Waals surface area contributed by atoms with Crippen LogP contribution >= 0.6 is 0 Å². The minimum atomic E-state index is -0.523. The van der Waals surface area contributed by atoms with Crippen molar-refractivity contribution in [1.29, 1.82) is 0 Å². The van der Waals surface area contributed by atoms with Crippen molar-refractivity contribution in [2.75, 3.05) is 11.9 Å². The van der Waals surface area contributed by atoms with Crippen LogP contribution in [0.4, 0.5) is 10.1 Å². The standard InChI is InChI=1S/C16H15FN2O3/c17-12-3-7-14(8-4-12)22-10-9-15(20)19-13-5-1-11(2-6-13)16(18)21/h1-8H,9-10H2,(H2,18,21)(H,19,20). The van der Waals surface area contributed by atoms with Gasteiger partial charge in [0.2, 0.25) is 11.8 Å². The van der Waals surface area contributed by atoms with Gasteiger partial charge in [-0.15, -0.1) is 0 Å². The fraction of sp³-hybridized carbons (Fsp3) is 0.125. The highest BCUT2D eigenvalue weighted by molar-refractivity contribution is 5.94. The van der Waals surface area contributed by atoms with Gasteiger partial charge >= 0.3 is 0 Å². The zero-order chi connectivity index (χ0) is 15.9. The van der Waals surface area contributed by atoms with E-state index in [4.69, 9.17) is 10.5 Å². The first-order chi connectivity index (χ1) is 10.5. The Morgan fingerprint density at radius 2 is 1.68 bits per heavy atom. The first-order valence-corrected chi connectivity index (χ1v) is 6.62. The Morgan fingerprint density at radius 3 is 2.27 bits per heavy atom. The van der Waals surface area contributed by atoms with Crippen LogP contribution in [-0.2, 0) is 4.79 Å². The topological polar surface area (TPSA) is 81.4 Å². The van der Waals surface area contributed by atoms with Gasteiger partial charge in [0, 0.05) is 11.3 Å². The number of carbonyl (C=O) groups is 2. The van der Waals surface area contributed by atoms with Gasteiger partial charge in [0.05, 0.1) is 13.0 Å². The summed E-state index contributed by atoms with van der Waals surface area (Å²) in [4.78, 5) is 22.7. The zero-order valence-corrected chi connectivity index (χ0v) is 11.7. The maximum atomic E-state index is 12.7. The highest BCUT2D eigenvalue weighted by Crippen LogP contribution is 2.12. The molecule has 114 valence electrons. The molecule has 0 aliphatic carbocycles. The molecule has 0 bridgehead atoms. The Morgan fingerprint density at radius 1 is 1.05 bits per heavy atom. The van der Waals surface area contributed by atoms with E-state index in [0.29, 0.717) is 17.0 Å². The molecule has 0 spiro atoms. The molecule has 2 amide bonds. The molecular formula is C16H15FN2O3. The van der Waals surface area contributed by atoms with Gasteiger partial charge in [-0.3, -0.25) is 9.59 Å². The number of primary amides is 1. The molecular weight excluding hydrogens is 287 g/mol. The van der Waals surface area contributed by atoms with E-state index in [1.54, 1.807) is 12.1 Å². The molecule has 2 rings (SSSR count). The van der Waals surface area contributed by atoms with Gasteiger partial charge in [-0.05, 0) is 48.5 Å². The Labute approximate surface area is 126 Å². The average Bonchev–Trinajstić information content (AvgIpc) is 2.50. The minimum Gasteiger partial charge on any atom is -0.493 e. The van der Waals surface area contributed by atoms with E-state index < -0.39 is 5.91 Å². The van der Waals surface area contributed by atoms with Crippen molar-refractivity contribution in [2.45, 2.75) is 6.42 Å². The summed E-state index contributed by atoms with van der Waals surface area (Å²) < 4.78 is 18.0. The fourth-order valence-corrected chi connectivity index (χ4v) is 1.73. The van der Waals surface area contributed by atoms with Gasteiger partial charge in [-0.25, -0.2) is 4.39 Å². The summed E-state index contributed by atoms with van der Waals surface area (Å²) in [6.07, 6.45) is 0.148. The van der Waals surface area contributed by atoms with Crippen LogP contribution < -0.4 is 15.8 Å². The van der Waals surface area contributed by atoms with Crippen molar-refractivity contribution in [3.63, 3.8) is 0 Å². The maximum Gasteiger partial charge on any atom is 0.248 e. The van der Waals surface area contributed by atoms with Crippen molar-refractivity contribution in [2.24, 2.45) is 5.73 Å². The summed E-state index contributed by atoms with van der Waals surface area (Å²) in [5.74, 6) is -0.593. The fourth-order valence-electron chi connectivity index (χ4n) is 1.73. The number of carbonyl (C=O) groups excluding carboxylic acids is 2. The van der Waals surface area contributed by atoms with E-state index in [9.17, 15) is 14.0 Å². The number of benzene rings is 2. The number of hydrogen-bond acceptors (Lipinski definition) is 3. The summed E-state index contributed by atoms with van der Waals surface area (Å²) in [5.41, 5.74) is 6.07. The summed E-state index contributed by atoms with van der Waals surface area (Å²) in [6.45, 7) is 0.177. The van der Waals surface area contributed by atoms with Crippen LogP contribution in [0.1, 0.15) is 16.8 Å².